The molecule has 6 nitrogen and oxygen atoms in total. The van der Waals surface area contributed by atoms with Crippen LogP contribution < -0.4 is 0 Å². The lowest BCUT2D eigenvalue weighted by Gasteiger charge is -2.39. The largest absolute Gasteiger partial charge is 0.439 e. The summed E-state index contributed by atoms with van der Waals surface area (Å²) in [4.78, 5) is 0. The van der Waals surface area contributed by atoms with Gasteiger partial charge in [-0.1, -0.05) is 31.0 Å². The lowest BCUT2D eigenvalue weighted by molar-refractivity contribution is -0.312. The fraction of sp³-hybridized carbons (Fsp3) is 1.00. The Bertz CT molecular complexity index is 570. The van der Waals surface area contributed by atoms with E-state index in [1.807, 2.05) is 0 Å². The van der Waals surface area contributed by atoms with Crippen LogP contribution in [0.3, 0.4) is 0 Å². The standard InChI is InChI=1S/C4Cl2F8O6S2/c5-1(3(7,8)9,19-21(13,15)16)2(6,4(10,11)12)20-22(14,17)18. The third-order valence-corrected chi connectivity index (χ3v) is 3.86. The van der Waals surface area contributed by atoms with Crippen molar-refractivity contribution in [1.82, 2.24) is 0 Å². The molecule has 22 heavy (non-hydrogen) atoms. The fourth-order valence-electron chi connectivity index (χ4n) is 0.841. The van der Waals surface area contributed by atoms with Crippen LogP contribution in [0.2, 0.25) is 0 Å². The highest BCUT2D eigenvalue weighted by atomic mass is 35.5. The first kappa shape index (κ1) is 21.8. The van der Waals surface area contributed by atoms with Gasteiger partial charge in [0.05, 0.1) is 0 Å². The highest BCUT2D eigenvalue weighted by Crippen LogP contribution is 2.57. The van der Waals surface area contributed by atoms with Gasteiger partial charge in [0, 0.05) is 0 Å². The zero-order valence-corrected chi connectivity index (χ0v) is 12.2. The van der Waals surface area contributed by atoms with Crippen LogP contribution in [0.15, 0.2) is 0 Å². The summed E-state index contributed by atoms with van der Waals surface area (Å²) in [5.41, 5.74) is 0. The molecule has 0 aliphatic rings. The molecule has 0 amide bonds. The van der Waals surface area contributed by atoms with Gasteiger partial charge >= 0.3 is 43.5 Å². The van der Waals surface area contributed by atoms with E-state index in [-0.39, 0.29) is 0 Å². The van der Waals surface area contributed by atoms with Crippen molar-refractivity contribution in [2.24, 2.45) is 0 Å². The van der Waals surface area contributed by atoms with Crippen molar-refractivity contribution in [2.75, 3.05) is 0 Å². The molecule has 0 bridgehead atoms. The van der Waals surface area contributed by atoms with Crippen molar-refractivity contribution in [3.8, 4) is 0 Å². The normalized spacial score (nSPS) is 20.3. The predicted octanol–water partition coefficient (Wildman–Crippen LogP) is 2.44. The van der Waals surface area contributed by atoms with Gasteiger partial charge in [-0.2, -0.15) is 43.2 Å². The maximum Gasteiger partial charge on any atom is 0.439 e. The van der Waals surface area contributed by atoms with E-state index in [1.54, 1.807) is 0 Å². The highest BCUT2D eigenvalue weighted by molar-refractivity contribution is 7.81. The summed E-state index contributed by atoms with van der Waals surface area (Å²) in [6, 6.07) is 0. The van der Waals surface area contributed by atoms with E-state index >= 15 is 0 Å². The second-order valence-electron chi connectivity index (χ2n) is 3.14. The number of alkyl halides is 8. The van der Waals surface area contributed by atoms with E-state index in [0.717, 1.165) is 0 Å². The van der Waals surface area contributed by atoms with Crippen molar-refractivity contribution in [3.05, 3.63) is 0 Å². The van der Waals surface area contributed by atoms with E-state index in [1.165, 1.54) is 0 Å². The highest BCUT2D eigenvalue weighted by Gasteiger charge is 2.82. The number of hydrogen-bond donors (Lipinski definition) is 0. The van der Waals surface area contributed by atoms with Gasteiger partial charge < -0.3 is 0 Å². The fourth-order valence-corrected chi connectivity index (χ4v) is 2.65. The summed E-state index contributed by atoms with van der Waals surface area (Å²) in [5, 5.41) is -11.8. The third-order valence-electron chi connectivity index (χ3n) is 1.57. The number of halogens is 10. The molecule has 0 aliphatic carbocycles. The number of hydrogen-bond acceptors (Lipinski definition) is 6. The first-order valence-corrected chi connectivity index (χ1v) is 7.35. The molecule has 0 saturated heterocycles. The Balaban J connectivity index is 6.59. The van der Waals surface area contributed by atoms with Gasteiger partial charge in [0.25, 0.3) is 0 Å². The molecule has 0 saturated carbocycles. The molecule has 0 heterocycles. The van der Waals surface area contributed by atoms with Crippen LogP contribution in [-0.2, 0) is 29.4 Å². The maximum atomic E-state index is 12.6. The second kappa shape index (κ2) is 5.73. The molecule has 0 aliphatic heterocycles. The van der Waals surface area contributed by atoms with E-state index in [4.69, 9.17) is 0 Å². The number of rotatable bonds is 5. The summed E-state index contributed by atoms with van der Waals surface area (Å²) in [6.45, 7) is 0. The van der Waals surface area contributed by atoms with E-state index in [0.29, 0.717) is 0 Å². The Morgan fingerprint density at radius 1 is 0.636 bits per heavy atom. The molecule has 0 spiro atoms. The molecule has 2 atom stereocenters. The Hall–Kier alpha value is -0.160. The van der Waals surface area contributed by atoms with Crippen LogP contribution in [0.4, 0.5) is 34.1 Å². The molecule has 0 aromatic carbocycles. The van der Waals surface area contributed by atoms with Gasteiger partial charge in [-0.3, -0.25) is 0 Å². The SMILES string of the molecule is O=S(=O)(F)OC(Cl)(C(F)(F)F)C(Cl)(OS(=O)(=O)F)C(F)(F)F. The average molecular weight is 431 g/mol. The monoisotopic (exact) mass is 430 g/mol. The molecule has 134 valence electrons. The topological polar surface area (TPSA) is 86.7 Å². The van der Waals surface area contributed by atoms with Crippen LogP contribution >= 0.6 is 23.2 Å². The van der Waals surface area contributed by atoms with Gasteiger partial charge in [-0.05, 0) is 0 Å². The molecule has 0 N–H and O–H groups in total. The van der Waals surface area contributed by atoms with E-state index in [2.05, 4.69) is 31.6 Å². The molecule has 0 fully saturated rings. The molecule has 2 unspecified atom stereocenters. The van der Waals surface area contributed by atoms with E-state index in [9.17, 15) is 50.9 Å². The molecular formula is C4Cl2F8O6S2. The molecule has 18 heteroatoms. The Labute approximate surface area is 126 Å². The van der Waals surface area contributed by atoms with Gasteiger partial charge in [-0.15, -0.1) is 0 Å². The summed E-state index contributed by atoms with van der Waals surface area (Å²) < 4.78 is 145. The van der Waals surface area contributed by atoms with Crippen molar-refractivity contribution >= 4 is 44.2 Å². The smallest absolute Gasteiger partial charge is 0.207 e. The third kappa shape index (κ3) is 4.67. The lowest BCUT2D eigenvalue weighted by Crippen LogP contribution is -2.66. The van der Waals surface area contributed by atoms with Crippen molar-refractivity contribution in [2.45, 2.75) is 22.5 Å². The molecule has 0 rings (SSSR count). The van der Waals surface area contributed by atoms with Crippen molar-refractivity contribution < 1.29 is 59.3 Å². The van der Waals surface area contributed by atoms with Crippen LogP contribution in [0, 0.1) is 0 Å². The first-order chi connectivity index (χ1) is 9.16. The quantitative estimate of drug-likeness (QED) is 0.378. The van der Waals surface area contributed by atoms with Crippen LogP contribution in [0.25, 0.3) is 0 Å². The lowest BCUT2D eigenvalue weighted by atomic mass is 10.1. The summed E-state index contributed by atoms with van der Waals surface area (Å²) in [7, 11) is -13.8. The van der Waals surface area contributed by atoms with Crippen molar-refractivity contribution in [3.63, 3.8) is 0 Å². The van der Waals surface area contributed by atoms with Gasteiger partial charge in [0.2, 0.25) is 0 Å². The molecule has 0 aromatic heterocycles. The minimum absolute atomic E-state index is 2.37. The van der Waals surface area contributed by atoms with Crippen LogP contribution in [0.5, 0.6) is 0 Å². The first-order valence-electron chi connectivity index (χ1n) is 3.98. The minimum atomic E-state index is -6.90. The molecule has 0 aromatic rings. The second-order valence-corrected chi connectivity index (χ2v) is 6.11. The zero-order valence-electron chi connectivity index (χ0n) is 9.05. The Morgan fingerprint density at radius 3 is 0.909 bits per heavy atom. The minimum Gasteiger partial charge on any atom is -0.207 e. The van der Waals surface area contributed by atoms with Gasteiger partial charge in [-0.25, -0.2) is 8.37 Å². The molecule has 0 radical (unpaired) electrons. The van der Waals surface area contributed by atoms with E-state index < -0.39 is 43.5 Å². The Kier molecular flexibility index (Phi) is 5.69. The maximum absolute atomic E-state index is 12.6. The molecular weight excluding hydrogens is 431 g/mol. The van der Waals surface area contributed by atoms with Gasteiger partial charge in [0.1, 0.15) is 0 Å². The summed E-state index contributed by atoms with van der Waals surface area (Å²) in [6.07, 6.45) is -13.4. The van der Waals surface area contributed by atoms with Crippen LogP contribution in [-0.4, -0.2) is 39.3 Å². The predicted molar refractivity (Wildman–Crippen MR) is 51.5 cm³/mol. The van der Waals surface area contributed by atoms with Crippen LogP contribution in [0.1, 0.15) is 0 Å². The average Bonchev–Trinajstić information content (AvgIpc) is 2.07. The Morgan fingerprint density at radius 2 is 0.818 bits per heavy atom. The summed E-state index contributed by atoms with van der Waals surface area (Å²) in [5.74, 6) is 0. The van der Waals surface area contributed by atoms with Gasteiger partial charge in [0.15, 0.2) is 0 Å². The zero-order chi connectivity index (χ0) is 18.4. The summed E-state index contributed by atoms with van der Waals surface area (Å²) >= 11 is 8.45. The van der Waals surface area contributed by atoms with Crippen molar-refractivity contribution in [1.29, 1.82) is 0 Å².